The summed E-state index contributed by atoms with van der Waals surface area (Å²) < 4.78 is 5.22. The lowest BCUT2D eigenvalue weighted by molar-refractivity contribution is 0.401. The van der Waals surface area contributed by atoms with E-state index < -0.39 is 0 Å². The van der Waals surface area contributed by atoms with Crippen molar-refractivity contribution in [3.05, 3.63) is 0 Å². The second-order valence-corrected chi connectivity index (χ2v) is 5.98. The minimum Gasteiger partial charge on any atom is -0.427 e. The van der Waals surface area contributed by atoms with Crippen molar-refractivity contribution in [2.45, 2.75) is 51.5 Å². The van der Waals surface area contributed by atoms with Crippen molar-refractivity contribution in [2.24, 2.45) is 0 Å². The minimum atomic E-state index is -0.124. The van der Waals surface area contributed by atoms with E-state index in [9.17, 15) is 0 Å². The molecule has 0 unspecified atom stereocenters. The molecule has 0 aromatic rings. The molecule has 0 aliphatic heterocycles. The lowest BCUT2D eigenvalue weighted by atomic mass is 10.0. The molecule has 14 heavy (non-hydrogen) atoms. The fourth-order valence-electron chi connectivity index (χ4n) is 1.84. The summed E-state index contributed by atoms with van der Waals surface area (Å²) in [6.07, 6.45) is 7.30. The van der Waals surface area contributed by atoms with Crippen LogP contribution in [0.15, 0.2) is 0 Å². The van der Waals surface area contributed by atoms with Gasteiger partial charge in [-0.05, 0) is 18.6 Å². The molecule has 86 valence electrons. The summed E-state index contributed by atoms with van der Waals surface area (Å²) in [6, 6.07) is 0. The number of hydrogen-bond donors (Lipinski definition) is 1. The van der Waals surface area contributed by atoms with Gasteiger partial charge >= 0.3 is 0 Å². The highest BCUT2D eigenvalue weighted by molar-refractivity contribution is 6.29. The maximum absolute atomic E-state index is 5.22. The highest BCUT2D eigenvalue weighted by Gasteiger charge is 2.12. The average Bonchev–Trinajstić information content (AvgIpc) is 2.22. The molecule has 0 bridgehead atoms. The predicted molar refractivity (Wildman–Crippen MR) is 66.6 cm³/mol. The lowest BCUT2D eigenvalue weighted by Crippen LogP contribution is -2.09. The fraction of sp³-hybridized carbons (Fsp3) is 1.00. The van der Waals surface area contributed by atoms with Gasteiger partial charge in [0.05, 0.1) is 0 Å². The fourth-order valence-corrected chi connectivity index (χ4v) is 3.22. The number of hydrogen-bond acceptors (Lipinski definition) is 2. The van der Waals surface area contributed by atoms with Crippen LogP contribution < -0.4 is 5.32 Å². The smallest absolute Gasteiger partial charge is 0.164 e. The molecule has 1 rings (SSSR count). The Morgan fingerprint density at radius 1 is 1.14 bits per heavy atom. The molecule has 0 spiro atoms. The SMILES string of the molecule is CCNCC.CO[SiH2]C1CCCCC1. The topological polar surface area (TPSA) is 21.3 Å². The highest BCUT2D eigenvalue weighted by atomic mass is 28.2. The molecule has 0 atom stereocenters. The number of nitrogens with one attached hydrogen (secondary N) is 1. The summed E-state index contributed by atoms with van der Waals surface area (Å²) in [5.74, 6) is 0. The monoisotopic (exact) mass is 217 g/mol. The Bertz CT molecular complexity index is 101. The minimum absolute atomic E-state index is 0.124. The highest BCUT2D eigenvalue weighted by Crippen LogP contribution is 2.27. The van der Waals surface area contributed by atoms with Crippen molar-refractivity contribution in [2.75, 3.05) is 20.2 Å². The average molecular weight is 217 g/mol. The van der Waals surface area contributed by atoms with Gasteiger partial charge in [0, 0.05) is 7.11 Å². The maximum atomic E-state index is 5.22. The van der Waals surface area contributed by atoms with E-state index >= 15 is 0 Å². The van der Waals surface area contributed by atoms with Crippen LogP contribution in [-0.2, 0) is 4.43 Å². The third-order valence-electron chi connectivity index (χ3n) is 2.63. The molecule has 1 N–H and O–H groups in total. The van der Waals surface area contributed by atoms with Crippen LogP contribution in [0, 0.1) is 0 Å². The molecule has 0 saturated heterocycles. The molecular formula is C11H27NOSi. The van der Waals surface area contributed by atoms with E-state index in [2.05, 4.69) is 19.2 Å². The largest absolute Gasteiger partial charge is 0.427 e. The summed E-state index contributed by atoms with van der Waals surface area (Å²) >= 11 is 0. The Morgan fingerprint density at radius 3 is 2.07 bits per heavy atom. The van der Waals surface area contributed by atoms with Gasteiger partial charge in [-0.1, -0.05) is 46.0 Å². The van der Waals surface area contributed by atoms with E-state index in [-0.39, 0.29) is 9.76 Å². The Balaban J connectivity index is 0.000000292. The van der Waals surface area contributed by atoms with Gasteiger partial charge in [-0.25, -0.2) is 0 Å². The van der Waals surface area contributed by atoms with Gasteiger partial charge in [0.15, 0.2) is 9.76 Å². The summed E-state index contributed by atoms with van der Waals surface area (Å²) in [5.41, 5.74) is 1.02. The Hall–Kier alpha value is 0.137. The summed E-state index contributed by atoms with van der Waals surface area (Å²) in [5, 5.41) is 3.11. The van der Waals surface area contributed by atoms with Gasteiger partial charge in [0.2, 0.25) is 0 Å². The summed E-state index contributed by atoms with van der Waals surface area (Å²) in [7, 11) is 1.74. The van der Waals surface area contributed by atoms with Crippen LogP contribution in [0.4, 0.5) is 0 Å². The van der Waals surface area contributed by atoms with E-state index in [1.165, 1.54) is 32.1 Å². The van der Waals surface area contributed by atoms with Crippen LogP contribution in [0.3, 0.4) is 0 Å². The molecule has 3 heteroatoms. The van der Waals surface area contributed by atoms with Gasteiger partial charge in [-0.15, -0.1) is 0 Å². The first-order valence-corrected chi connectivity index (χ1v) is 7.44. The molecule has 1 fully saturated rings. The Labute approximate surface area is 91.7 Å². The zero-order valence-corrected chi connectivity index (χ0v) is 11.6. The standard InChI is InChI=1S/C7H16OSi.C4H11N/c1-8-9-7-5-3-2-4-6-7;1-3-5-4-2/h7H,2-6,9H2,1H3;5H,3-4H2,1-2H3. The Kier molecular flexibility index (Phi) is 11.3. The molecule has 0 aromatic carbocycles. The van der Waals surface area contributed by atoms with Crippen LogP contribution in [0.5, 0.6) is 0 Å². The molecule has 0 radical (unpaired) electrons. The normalized spacial score (nSPS) is 18.2. The zero-order chi connectivity index (χ0) is 10.6. The van der Waals surface area contributed by atoms with E-state index in [4.69, 9.17) is 4.43 Å². The van der Waals surface area contributed by atoms with E-state index in [1.54, 1.807) is 0 Å². The third-order valence-corrected chi connectivity index (χ3v) is 4.25. The Morgan fingerprint density at radius 2 is 1.71 bits per heavy atom. The molecule has 0 heterocycles. The van der Waals surface area contributed by atoms with Crippen LogP contribution >= 0.6 is 0 Å². The van der Waals surface area contributed by atoms with Crippen LogP contribution in [0.2, 0.25) is 5.54 Å². The molecule has 2 nitrogen and oxygen atoms in total. The van der Waals surface area contributed by atoms with Gasteiger partial charge in [-0.2, -0.15) is 0 Å². The quantitative estimate of drug-likeness (QED) is 0.728. The van der Waals surface area contributed by atoms with E-state index in [0.717, 1.165) is 18.6 Å². The first-order valence-electron chi connectivity index (χ1n) is 6.04. The van der Waals surface area contributed by atoms with Crippen molar-refractivity contribution in [3.63, 3.8) is 0 Å². The van der Waals surface area contributed by atoms with Crippen LogP contribution in [-0.4, -0.2) is 30.0 Å². The van der Waals surface area contributed by atoms with Gasteiger partial charge in [0.25, 0.3) is 0 Å². The molecule has 1 aliphatic rings. The lowest BCUT2D eigenvalue weighted by Gasteiger charge is -2.19. The first-order chi connectivity index (χ1) is 6.85. The summed E-state index contributed by atoms with van der Waals surface area (Å²) in [4.78, 5) is 0. The van der Waals surface area contributed by atoms with Crippen molar-refractivity contribution < 1.29 is 4.43 Å². The maximum Gasteiger partial charge on any atom is 0.164 e. The number of rotatable bonds is 4. The molecule has 0 aromatic heterocycles. The predicted octanol–water partition coefficient (Wildman–Crippen LogP) is 2.08. The first kappa shape index (κ1) is 14.1. The van der Waals surface area contributed by atoms with Crippen molar-refractivity contribution in [1.29, 1.82) is 0 Å². The van der Waals surface area contributed by atoms with Crippen LogP contribution in [0.25, 0.3) is 0 Å². The molecule has 0 amide bonds. The molecular weight excluding hydrogens is 190 g/mol. The van der Waals surface area contributed by atoms with Crippen LogP contribution in [0.1, 0.15) is 46.0 Å². The van der Waals surface area contributed by atoms with Crippen molar-refractivity contribution >= 4 is 9.76 Å². The zero-order valence-electron chi connectivity index (χ0n) is 10.1. The summed E-state index contributed by atoms with van der Waals surface area (Å²) in [6.45, 7) is 6.39. The molecule has 1 aliphatic carbocycles. The van der Waals surface area contributed by atoms with E-state index in [0.29, 0.717) is 0 Å². The third kappa shape index (κ3) is 8.72. The van der Waals surface area contributed by atoms with Crippen molar-refractivity contribution in [3.8, 4) is 0 Å². The second-order valence-electron chi connectivity index (χ2n) is 3.92. The van der Waals surface area contributed by atoms with E-state index in [1.807, 2.05) is 7.11 Å². The second kappa shape index (κ2) is 11.2. The van der Waals surface area contributed by atoms with Gasteiger partial charge in [-0.3, -0.25) is 0 Å². The molecule has 1 saturated carbocycles. The van der Waals surface area contributed by atoms with Gasteiger partial charge < -0.3 is 9.74 Å². The van der Waals surface area contributed by atoms with Gasteiger partial charge in [0.1, 0.15) is 0 Å². The van der Waals surface area contributed by atoms with Crippen molar-refractivity contribution in [1.82, 2.24) is 5.32 Å².